The minimum Gasteiger partial charge on any atom is -0.380 e. The van der Waals surface area contributed by atoms with E-state index >= 15 is 0 Å². The van der Waals surface area contributed by atoms with Gasteiger partial charge in [0.15, 0.2) is 11.5 Å². The van der Waals surface area contributed by atoms with Crippen molar-refractivity contribution in [1.29, 1.82) is 0 Å². The lowest BCUT2D eigenvalue weighted by Gasteiger charge is -2.29. The van der Waals surface area contributed by atoms with E-state index in [1.807, 2.05) is 6.20 Å². The van der Waals surface area contributed by atoms with E-state index in [9.17, 15) is 0 Å². The van der Waals surface area contributed by atoms with Crippen LogP contribution in [0.25, 0.3) is 5.65 Å². The number of aromatic nitrogens is 5. The fourth-order valence-electron chi connectivity index (χ4n) is 4.76. The first-order chi connectivity index (χ1) is 15.5. The molecule has 0 atom stereocenters. The van der Waals surface area contributed by atoms with Crippen molar-refractivity contribution in [3.05, 3.63) is 34.8 Å². The predicted molar refractivity (Wildman–Crippen MR) is 129 cm³/mol. The Morgan fingerprint density at radius 2 is 1.81 bits per heavy atom. The molecule has 1 saturated heterocycles. The fourth-order valence-corrected chi connectivity index (χ4v) is 4.76. The SMILES string of the molecule is CCCC(CCC)c1nc2c(N)nc(N)nn2c1Cc1cnc(N2CCNCC2)c(C)c1. The Morgan fingerprint density at radius 1 is 1.09 bits per heavy atom. The number of nitrogens with zero attached hydrogens (tertiary/aromatic N) is 6. The molecule has 1 aliphatic heterocycles. The Balaban J connectivity index is 1.74. The zero-order valence-corrected chi connectivity index (χ0v) is 19.4. The van der Waals surface area contributed by atoms with Gasteiger partial charge in [0, 0.05) is 44.7 Å². The summed E-state index contributed by atoms with van der Waals surface area (Å²) in [5.41, 5.74) is 17.1. The summed E-state index contributed by atoms with van der Waals surface area (Å²) in [5.74, 6) is 1.90. The first-order valence-corrected chi connectivity index (χ1v) is 11.7. The van der Waals surface area contributed by atoms with Crippen LogP contribution in [0.4, 0.5) is 17.6 Å². The third-order valence-corrected chi connectivity index (χ3v) is 6.20. The molecular weight excluding hydrogens is 402 g/mol. The molecule has 0 aliphatic carbocycles. The molecule has 1 fully saturated rings. The van der Waals surface area contributed by atoms with Gasteiger partial charge >= 0.3 is 0 Å². The van der Waals surface area contributed by atoms with Crippen LogP contribution in [-0.4, -0.2) is 50.7 Å². The van der Waals surface area contributed by atoms with Crippen molar-refractivity contribution in [2.45, 2.75) is 58.8 Å². The van der Waals surface area contributed by atoms with Gasteiger partial charge in [-0.05, 0) is 30.9 Å². The van der Waals surface area contributed by atoms with Gasteiger partial charge in [-0.2, -0.15) is 4.98 Å². The molecule has 9 heteroatoms. The lowest BCUT2D eigenvalue weighted by Crippen LogP contribution is -2.44. The number of hydrogen-bond donors (Lipinski definition) is 3. The first kappa shape index (κ1) is 22.3. The van der Waals surface area contributed by atoms with Crippen LogP contribution in [0.5, 0.6) is 0 Å². The highest BCUT2D eigenvalue weighted by Crippen LogP contribution is 2.32. The molecule has 5 N–H and O–H groups in total. The number of pyridine rings is 1. The Bertz CT molecular complexity index is 1060. The van der Waals surface area contributed by atoms with Crippen molar-refractivity contribution in [2.24, 2.45) is 0 Å². The molecule has 0 spiro atoms. The lowest BCUT2D eigenvalue weighted by atomic mass is 9.92. The van der Waals surface area contributed by atoms with Gasteiger partial charge in [-0.1, -0.05) is 32.8 Å². The van der Waals surface area contributed by atoms with Crippen LogP contribution in [0, 0.1) is 6.92 Å². The van der Waals surface area contributed by atoms with E-state index in [2.05, 4.69) is 47.1 Å². The highest BCUT2D eigenvalue weighted by Gasteiger charge is 2.24. The van der Waals surface area contributed by atoms with Crippen molar-refractivity contribution in [3.63, 3.8) is 0 Å². The second-order valence-electron chi connectivity index (χ2n) is 8.71. The van der Waals surface area contributed by atoms with Crippen LogP contribution in [0.15, 0.2) is 12.3 Å². The molecule has 4 heterocycles. The number of nitrogen functional groups attached to an aromatic ring is 2. The van der Waals surface area contributed by atoms with E-state index in [0.717, 1.165) is 74.6 Å². The number of piperazine rings is 1. The summed E-state index contributed by atoms with van der Waals surface area (Å²) in [7, 11) is 0. The van der Waals surface area contributed by atoms with Crippen molar-refractivity contribution >= 4 is 23.2 Å². The molecule has 32 heavy (non-hydrogen) atoms. The van der Waals surface area contributed by atoms with Gasteiger partial charge in [-0.15, -0.1) is 5.10 Å². The minimum atomic E-state index is 0.158. The summed E-state index contributed by atoms with van der Waals surface area (Å²) in [5, 5.41) is 7.87. The third kappa shape index (κ3) is 4.48. The molecule has 0 unspecified atom stereocenters. The fraction of sp³-hybridized carbons (Fsp3) is 0.565. The number of nitrogens with two attached hydrogens (primary N) is 2. The van der Waals surface area contributed by atoms with Gasteiger partial charge in [0.1, 0.15) is 5.82 Å². The maximum atomic E-state index is 6.17. The third-order valence-electron chi connectivity index (χ3n) is 6.20. The highest BCUT2D eigenvalue weighted by molar-refractivity contribution is 5.62. The van der Waals surface area contributed by atoms with Crippen LogP contribution in [0.3, 0.4) is 0 Å². The summed E-state index contributed by atoms with van der Waals surface area (Å²) < 4.78 is 1.80. The summed E-state index contributed by atoms with van der Waals surface area (Å²) in [6.07, 6.45) is 7.00. The normalized spacial score (nSPS) is 14.6. The average Bonchev–Trinajstić information content (AvgIpc) is 3.13. The molecule has 0 amide bonds. The van der Waals surface area contributed by atoms with Crippen LogP contribution < -0.4 is 21.7 Å². The van der Waals surface area contributed by atoms with Gasteiger partial charge in [0.2, 0.25) is 5.95 Å². The van der Waals surface area contributed by atoms with Gasteiger partial charge in [0.25, 0.3) is 0 Å². The number of fused-ring (bicyclic) bond motifs is 1. The number of hydrogen-bond acceptors (Lipinski definition) is 8. The number of nitrogens with one attached hydrogen (secondary N) is 1. The Labute approximate surface area is 189 Å². The van der Waals surface area contributed by atoms with Crippen LogP contribution in [0.1, 0.15) is 68.0 Å². The number of imidazole rings is 1. The molecule has 172 valence electrons. The molecule has 9 nitrogen and oxygen atoms in total. The number of rotatable bonds is 8. The van der Waals surface area contributed by atoms with Crippen molar-refractivity contribution in [3.8, 4) is 0 Å². The topological polar surface area (TPSA) is 123 Å². The zero-order valence-electron chi connectivity index (χ0n) is 19.4. The van der Waals surface area contributed by atoms with Crippen LogP contribution in [0.2, 0.25) is 0 Å². The molecule has 3 aromatic rings. The average molecular weight is 438 g/mol. The molecule has 3 aromatic heterocycles. The zero-order chi connectivity index (χ0) is 22.7. The maximum Gasteiger partial charge on any atom is 0.240 e. The van der Waals surface area contributed by atoms with E-state index in [1.165, 1.54) is 5.56 Å². The second-order valence-corrected chi connectivity index (χ2v) is 8.71. The molecule has 4 rings (SSSR count). The largest absolute Gasteiger partial charge is 0.380 e. The van der Waals surface area contributed by atoms with Crippen molar-refractivity contribution in [2.75, 3.05) is 42.5 Å². The van der Waals surface area contributed by atoms with E-state index < -0.39 is 0 Å². The summed E-state index contributed by atoms with van der Waals surface area (Å²) in [6, 6.07) is 2.23. The molecule has 0 radical (unpaired) electrons. The Morgan fingerprint density at radius 3 is 2.47 bits per heavy atom. The monoisotopic (exact) mass is 437 g/mol. The Hall–Kier alpha value is -2.94. The molecule has 1 aliphatic rings. The molecule has 0 bridgehead atoms. The smallest absolute Gasteiger partial charge is 0.240 e. The van der Waals surface area contributed by atoms with Crippen molar-refractivity contribution < 1.29 is 0 Å². The van der Waals surface area contributed by atoms with E-state index in [0.29, 0.717) is 23.8 Å². The Kier molecular flexibility index (Phi) is 6.74. The summed E-state index contributed by atoms with van der Waals surface area (Å²) in [4.78, 5) is 16.2. The quantitative estimate of drug-likeness (QED) is 0.491. The van der Waals surface area contributed by atoms with Crippen LogP contribution in [-0.2, 0) is 6.42 Å². The second kappa shape index (κ2) is 9.68. The van der Waals surface area contributed by atoms with Gasteiger partial charge in [-0.25, -0.2) is 14.5 Å². The predicted octanol–water partition coefficient (Wildman–Crippen LogP) is 2.68. The van der Waals surface area contributed by atoms with Crippen molar-refractivity contribution in [1.82, 2.24) is 29.9 Å². The van der Waals surface area contributed by atoms with Gasteiger partial charge in [-0.3, -0.25) is 0 Å². The maximum absolute atomic E-state index is 6.17. The highest BCUT2D eigenvalue weighted by atomic mass is 15.3. The van der Waals surface area contributed by atoms with Gasteiger partial charge < -0.3 is 21.7 Å². The van der Waals surface area contributed by atoms with E-state index in [1.54, 1.807) is 4.52 Å². The summed E-state index contributed by atoms with van der Waals surface area (Å²) in [6.45, 7) is 10.5. The molecular formula is C23H35N9. The standard InChI is InChI=1S/C23H35N9/c1-4-6-17(7-5-2)19-18(32-22(28-19)20(24)29-23(25)30-32)13-16-12-15(3)21(27-14-16)31-10-8-26-9-11-31/h12,14,17,26H,4-11,13H2,1-3H3,(H4,24,25,29,30). The number of anilines is 3. The molecule has 0 aromatic carbocycles. The minimum absolute atomic E-state index is 0.158. The summed E-state index contributed by atoms with van der Waals surface area (Å²) >= 11 is 0. The first-order valence-electron chi connectivity index (χ1n) is 11.7. The molecule has 0 saturated carbocycles. The lowest BCUT2D eigenvalue weighted by molar-refractivity contribution is 0.546. The van der Waals surface area contributed by atoms with E-state index in [4.69, 9.17) is 21.4 Å². The number of aryl methyl sites for hydroxylation is 1. The van der Waals surface area contributed by atoms with Gasteiger partial charge in [0.05, 0.1) is 11.4 Å². The van der Waals surface area contributed by atoms with E-state index in [-0.39, 0.29) is 5.95 Å². The van der Waals surface area contributed by atoms with Crippen LogP contribution >= 0.6 is 0 Å².